The number of carbonyl (C=O) groups is 1. The van der Waals surface area contributed by atoms with Gasteiger partial charge in [-0.25, -0.2) is 0 Å². The Labute approximate surface area is 121 Å². The van der Waals surface area contributed by atoms with E-state index in [1.54, 1.807) is 0 Å². The van der Waals surface area contributed by atoms with Gasteiger partial charge in [-0.3, -0.25) is 4.79 Å². The highest BCUT2D eigenvalue weighted by molar-refractivity contribution is 5.78. The van der Waals surface area contributed by atoms with Crippen LogP contribution in [0, 0.1) is 12.8 Å². The maximum atomic E-state index is 12.4. The highest BCUT2D eigenvalue weighted by Crippen LogP contribution is 2.25. The van der Waals surface area contributed by atoms with E-state index in [-0.39, 0.29) is 17.9 Å². The lowest BCUT2D eigenvalue weighted by atomic mass is 10.0. The monoisotopic (exact) mass is 276 g/mol. The molecule has 0 unspecified atom stereocenters. The zero-order valence-corrected chi connectivity index (χ0v) is 12.6. The Bertz CT molecular complexity index is 462. The quantitative estimate of drug-likeness (QED) is 0.911. The lowest BCUT2D eigenvalue weighted by Crippen LogP contribution is -2.46. The zero-order valence-electron chi connectivity index (χ0n) is 12.6. The van der Waals surface area contributed by atoms with Crippen LogP contribution < -0.4 is 5.32 Å². The molecule has 1 N–H and O–H groups in total. The van der Waals surface area contributed by atoms with E-state index in [1.165, 1.54) is 11.1 Å². The largest absolute Gasteiger partial charge is 0.370 e. The summed E-state index contributed by atoms with van der Waals surface area (Å²) < 4.78 is 5.86. The molecule has 4 heteroatoms. The molecule has 0 aromatic heterocycles. The summed E-state index contributed by atoms with van der Waals surface area (Å²) in [6.07, 6.45) is -0.00399. The van der Waals surface area contributed by atoms with E-state index in [1.807, 2.05) is 31.0 Å². The molecule has 1 saturated heterocycles. The van der Waals surface area contributed by atoms with Gasteiger partial charge in [0.05, 0.1) is 13.2 Å². The number of nitrogens with zero attached hydrogens (tertiary/aromatic N) is 1. The molecule has 0 aliphatic carbocycles. The van der Waals surface area contributed by atoms with Crippen LogP contribution in [0.4, 0.5) is 0 Å². The van der Waals surface area contributed by atoms with Gasteiger partial charge in [-0.2, -0.15) is 0 Å². The number of morpholine rings is 1. The van der Waals surface area contributed by atoms with E-state index in [2.05, 4.69) is 24.4 Å². The molecule has 20 heavy (non-hydrogen) atoms. The van der Waals surface area contributed by atoms with Crippen LogP contribution in [0.3, 0.4) is 0 Å². The average molecular weight is 276 g/mol. The maximum Gasteiger partial charge on any atom is 0.226 e. The van der Waals surface area contributed by atoms with Crippen molar-refractivity contribution in [3.8, 4) is 0 Å². The van der Waals surface area contributed by atoms with E-state index in [0.717, 1.165) is 0 Å². The molecule has 1 aliphatic heterocycles. The van der Waals surface area contributed by atoms with Gasteiger partial charge in [-0.1, -0.05) is 31.2 Å². The fourth-order valence-electron chi connectivity index (χ4n) is 2.69. The number of ether oxygens (including phenoxy) is 1. The molecule has 1 aromatic rings. The van der Waals surface area contributed by atoms with Crippen molar-refractivity contribution in [2.24, 2.45) is 5.92 Å². The Morgan fingerprint density at radius 1 is 1.50 bits per heavy atom. The zero-order chi connectivity index (χ0) is 14.5. The summed E-state index contributed by atoms with van der Waals surface area (Å²) in [6.45, 7) is 6.72. The fourth-order valence-corrected chi connectivity index (χ4v) is 2.69. The lowest BCUT2D eigenvalue weighted by molar-refractivity contribution is -0.142. The summed E-state index contributed by atoms with van der Waals surface area (Å²) in [5, 5.41) is 3.06. The van der Waals surface area contributed by atoms with Gasteiger partial charge in [0.1, 0.15) is 6.10 Å². The predicted octanol–water partition coefficient (Wildman–Crippen LogP) is 1.75. The minimum atomic E-state index is -0.00399. The molecule has 2 atom stereocenters. The maximum absolute atomic E-state index is 12.4. The van der Waals surface area contributed by atoms with E-state index in [9.17, 15) is 4.79 Å². The Morgan fingerprint density at radius 2 is 2.25 bits per heavy atom. The first-order valence-corrected chi connectivity index (χ1v) is 7.24. The number of hydrogen-bond acceptors (Lipinski definition) is 3. The fraction of sp³-hybridized carbons (Fsp3) is 0.562. The molecular weight excluding hydrogens is 252 g/mol. The predicted molar refractivity (Wildman–Crippen MR) is 79.5 cm³/mol. The normalized spacial score (nSPS) is 20.8. The summed E-state index contributed by atoms with van der Waals surface area (Å²) in [7, 11) is 1.87. The standard InChI is InChI=1S/C16H24N2O2/c1-12-6-4-5-7-14(12)15-11-18(8-9-20-15)16(19)13(2)10-17-3/h4-7,13,15,17H,8-11H2,1-3H3/t13-,15-/m0/s1. The summed E-state index contributed by atoms with van der Waals surface area (Å²) in [4.78, 5) is 14.3. The van der Waals surface area contributed by atoms with Crippen molar-refractivity contribution in [2.75, 3.05) is 33.3 Å². The molecular formula is C16H24N2O2. The second kappa shape index (κ2) is 6.86. The van der Waals surface area contributed by atoms with Crippen LogP contribution in [-0.4, -0.2) is 44.1 Å². The number of nitrogens with one attached hydrogen (secondary N) is 1. The average Bonchev–Trinajstić information content (AvgIpc) is 2.47. The van der Waals surface area contributed by atoms with Crippen LogP contribution in [0.15, 0.2) is 24.3 Å². The van der Waals surface area contributed by atoms with Crippen molar-refractivity contribution in [2.45, 2.75) is 20.0 Å². The number of aryl methyl sites for hydroxylation is 1. The van der Waals surface area contributed by atoms with Crippen molar-refractivity contribution in [3.63, 3.8) is 0 Å². The number of benzene rings is 1. The Hall–Kier alpha value is -1.39. The minimum absolute atomic E-state index is 0.00399. The first-order valence-electron chi connectivity index (χ1n) is 7.24. The number of rotatable bonds is 4. The van der Waals surface area contributed by atoms with Crippen molar-refractivity contribution in [1.82, 2.24) is 10.2 Å². The molecule has 1 heterocycles. The van der Waals surface area contributed by atoms with Crippen molar-refractivity contribution >= 4 is 5.91 Å². The third kappa shape index (κ3) is 3.38. The van der Waals surface area contributed by atoms with E-state index < -0.39 is 0 Å². The first-order chi connectivity index (χ1) is 9.63. The minimum Gasteiger partial charge on any atom is -0.370 e. The van der Waals surface area contributed by atoms with Gasteiger partial charge >= 0.3 is 0 Å². The SMILES string of the molecule is CNC[C@H](C)C(=O)N1CCO[C@H](c2ccccc2C)C1. The van der Waals surface area contributed by atoms with Crippen LogP contribution in [-0.2, 0) is 9.53 Å². The third-order valence-corrected chi connectivity index (χ3v) is 3.85. The highest BCUT2D eigenvalue weighted by Gasteiger charge is 2.28. The van der Waals surface area contributed by atoms with Gasteiger partial charge in [0.25, 0.3) is 0 Å². The summed E-state index contributed by atoms with van der Waals surface area (Å²) >= 11 is 0. The van der Waals surface area contributed by atoms with E-state index in [0.29, 0.717) is 26.2 Å². The summed E-state index contributed by atoms with van der Waals surface area (Å²) in [5.41, 5.74) is 2.40. The molecule has 1 fully saturated rings. The van der Waals surface area contributed by atoms with Gasteiger partial charge in [-0.15, -0.1) is 0 Å². The molecule has 0 radical (unpaired) electrons. The molecule has 1 aromatic carbocycles. The number of amides is 1. The topological polar surface area (TPSA) is 41.6 Å². The Morgan fingerprint density at radius 3 is 2.95 bits per heavy atom. The van der Waals surface area contributed by atoms with Gasteiger partial charge in [0.2, 0.25) is 5.91 Å². The molecule has 0 saturated carbocycles. The highest BCUT2D eigenvalue weighted by atomic mass is 16.5. The van der Waals surface area contributed by atoms with Gasteiger partial charge in [-0.05, 0) is 25.1 Å². The molecule has 0 bridgehead atoms. The molecule has 1 aliphatic rings. The number of carbonyl (C=O) groups excluding carboxylic acids is 1. The third-order valence-electron chi connectivity index (χ3n) is 3.85. The summed E-state index contributed by atoms with van der Waals surface area (Å²) in [5.74, 6) is 0.219. The number of hydrogen-bond donors (Lipinski definition) is 1. The molecule has 1 amide bonds. The van der Waals surface area contributed by atoms with Crippen molar-refractivity contribution in [1.29, 1.82) is 0 Å². The molecule has 4 nitrogen and oxygen atoms in total. The van der Waals surface area contributed by atoms with Crippen LogP contribution in [0.25, 0.3) is 0 Å². The molecule has 0 spiro atoms. The molecule has 2 rings (SSSR count). The van der Waals surface area contributed by atoms with Crippen LogP contribution in [0.2, 0.25) is 0 Å². The van der Waals surface area contributed by atoms with Gasteiger partial charge in [0, 0.05) is 19.0 Å². The second-order valence-electron chi connectivity index (χ2n) is 5.46. The second-order valence-corrected chi connectivity index (χ2v) is 5.46. The first kappa shape index (κ1) is 15.0. The van der Waals surface area contributed by atoms with Crippen molar-refractivity contribution < 1.29 is 9.53 Å². The smallest absolute Gasteiger partial charge is 0.226 e. The van der Waals surface area contributed by atoms with Crippen LogP contribution >= 0.6 is 0 Å². The Kier molecular flexibility index (Phi) is 5.15. The van der Waals surface area contributed by atoms with Gasteiger partial charge in [0.15, 0.2) is 0 Å². The Balaban J connectivity index is 2.05. The van der Waals surface area contributed by atoms with E-state index in [4.69, 9.17) is 4.74 Å². The van der Waals surface area contributed by atoms with E-state index >= 15 is 0 Å². The molecule has 110 valence electrons. The van der Waals surface area contributed by atoms with Crippen molar-refractivity contribution in [3.05, 3.63) is 35.4 Å². The van der Waals surface area contributed by atoms with Gasteiger partial charge < -0.3 is 15.0 Å². The lowest BCUT2D eigenvalue weighted by Gasteiger charge is -2.35. The van der Waals surface area contributed by atoms with Crippen LogP contribution in [0.1, 0.15) is 24.2 Å². The van der Waals surface area contributed by atoms with Crippen LogP contribution in [0.5, 0.6) is 0 Å². The summed E-state index contributed by atoms with van der Waals surface area (Å²) in [6, 6.07) is 8.23.